The Morgan fingerprint density at radius 3 is 2.40 bits per heavy atom. The number of rotatable bonds is 10. The molecule has 0 saturated heterocycles. The summed E-state index contributed by atoms with van der Waals surface area (Å²) in [6.07, 6.45) is 1.06. The van der Waals surface area contributed by atoms with Crippen LogP contribution in [0.25, 0.3) is 5.76 Å². The first-order valence-electron chi connectivity index (χ1n) is 14.0. The SMILES string of the molecule is CN(C)C1C(=O)/C(=C(/O)NCNC(CCCCN)C(=O)O)C(=O)[C@@]2(O)C(=O)C3=C(O)c4c(O)cccc4[C@@](C)(O)C3C[C@@H]12. The molecule has 0 bridgehead atoms. The number of hydrogen-bond donors (Lipinski definition) is 9. The van der Waals surface area contributed by atoms with Gasteiger partial charge in [-0.25, -0.2) is 0 Å². The number of phenolic OH excluding ortho intramolecular Hbond substituents is 1. The van der Waals surface area contributed by atoms with E-state index >= 15 is 0 Å². The number of phenols is 1. The molecular formula is C29H38N4O10. The van der Waals surface area contributed by atoms with E-state index in [4.69, 9.17) is 5.73 Å². The lowest BCUT2D eigenvalue weighted by atomic mass is 9.53. The van der Waals surface area contributed by atoms with Gasteiger partial charge in [0.2, 0.25) is 11.6 Å². The lowest BCUT2D eigenvalue weighted by Crippen LogP contribution is -2.70. The highest BCUT2D eigenvalue weighted by atomic mass is 16.4. The number of nitrogens with two attached hydrogens (primary N) is 1. The second kappa shape index (κ2) is 11.7. The number of nitrogens with one attached hydrogen (secondary N) is 2. The molecule has 14 heteroatoms. The standard InChI is InChI=1S/C29H38N4O10/c1-28(42)13-7-6-9-17(34)18(13)22(35)19-14(28)11-15-21(33(2)3)23(36)20(25(38)29(15,43)24(19)37)26(39)32-12-31-16(27(40)41)8-4-5-10-30/h6-7,9,14-16,21,31-32,34-35,39,42-43H,4-5,8,10-12,30H2,1-3H3,(H,40,41)/b26-20-/t14?,15-,16?,21?,28+,29-/m0/s1. The molecule has 0 aromatic heterocycles. The molecule has 2 fully saturated rings. The predicted octanol–water partition coefficient (Wildman–Crippen LogP) is -0.611. The number of benzene rings is 1. The molecule has 0 radical (unpaired) electrons. The van der Waals surface area contributed by atoms with Crippen LogP contribution in [0.2, 0.25) is 0 Å². The van der Waals surface area contributed by atoms with Gasteiger partial charge in [-0.1, -0.05) is 18.6 Å². The number of carbonyl (C=O) groups excluding carboxylic acids is 3. The normalized spacial score (nSPS) is 30.5. The number of likely N-dealkylation sites (N-methyl/N-ethyl adjacent to an activating group) is 1. The highest BCUT2D eigenvalue weighted by Crippen LogP contribution is 2.56. The number of aliphatic carboxylic acids is 1. The first-order valence-corrected chi connectivity index (χ1v) is 14.0. The Labute approximate surface area is 247 Å². The molecule has 3 aliphatic carbocycles. The van der Waals surface area contributed by atoms with Gasteiger partial charge in [0.15, 0.2) is 17.3 Å². The van der Waals surface area contributed by atoms with E-state index in [2.05, 4.69) is 10.6 Å². The number of Topliss-reactive ketones (excluding diaryl/α,β-unsaturated/α-hetero) is 3. The summed E-state index contributed by atoms with van der Waals surface area (Å²) in [5.41, 5.74) is -0.779. The molecule has 0 aliphatic heterocycles. The number of carbonyl (C=O) groups is 4. The van der Waals surface area contributed by atoms with Crippen LogP contribution in [0.1, 0.15) is 43.7 Å². The molecule has 1 aromatic carbocycles. The number of carboxylic acids is 1. The number of carboxylic acid groups (broad SMARTS) is 1. The number of nitrogens with zero attached hydrogens (tertiary/aromatic N) is 1. The van der Waals surface area contributed by atoms with Crippen LogP contribution in [0.3, 0.4) is 0 Å². The Balaban J connectivity index is 1.75. The van der Waals surface area contributed by atoms with Crippen LogP contribution in [-0.2, 0) is 24.8 Å². The summed E-state index contributed by atoms with van der Waals surface area (Å²) in [6, 6.07) is 1.84. The van der Waals surface area contributed by atoms with Crippen LogP contribution in [0.15, 0.2) is 35.2 Å². The summed E-state index contributed by atoms with van der Waals surface area (Å²) in [4.78, 5) is 54.6. The number of aromatic hydroxyl groups is 1. The zero-order valence-corrected chi connectivity index (χ0v) is 24.1. The molecule has 6 atom stereocenters. The Kier molecular flexibility index (Phi) is 8.73. The average Bonchev–Trinajstić information content (AvgIpc) is 2.92. The Morgan fingerprint density at radius 1 is 1.12 bits per heavy atom. The Bertz CT molecular complexity index is 1420. The maximum Gasteiger partial charge on any atom is 0.320 e. The van der Waals surface area contributed by atoms with E-state index in [0.717, 1.165) is 0 Å². The van der Waals surface area contributed by atoms with E-state index < -0.39 is 87.0 Å². The molecule has 2 saturated carbocycles. The monoisotopic (exact) mass is 602 g/mol. The van der Waals surface area contributed by atoms with Gasteiger partial charge in [0.05, 0.1) is 23.9 Å². The summed E-state index contributed by atoms with van der Waals surface area (Å²) in [5.74, 6) is -9.38. The van der Waals surface area contributed by atoms with Crippen molar-refractivity contribution in [2.45, 2.75) is 55.9 Å². The minimum absolute atomic E-state index is 0.129. The fourth-order valence-corrected chi connectivity index (χ4v) is 6.62. The van der Waals surface area contributed by atoms with Gasteiger partial charge in [-0.05, 0) is 58.5 Å². The zero-order chi connectivity index (χ0) is 32.0. The molecule has 0 heterocycles. The lowest BCUT2D eigenvalue weighted by molar-refractivity contribution is -0.169. The average molecular weight is 603 g/mol. The number of ketones is 3. The smallest absolute Gasteiger partial charge is 0.320 e. The fraction of sp³-hybridized carbons (Fsp3) is 0.517. The van der Waals surface area contributed by atoms with Crippen molar-refractivity contribution in [3.8, 4) is 5.75 Å². The van der Waals surface area contributed by atoms with Gasteiger partial charge in [0.1, 0.15) is 23.1 Å². The maximum atomic E-state index is 14.1. The van der Waals surface area contributed by atoms with Crippen LogP contribution < -0.4 is 16.4 Å². The van der Waals surface area contributed by atoms with Crippen molar-refractivity contribution in [1.82, 2.24) is 15.5 Å². The summed E-state index contributed by atoms with van der Waals surface area (Å²) in [6.45, 7) is 1.38. The number of aliphatic hydroxyl groups is 4. The molecule has 10 N–H and O–H groups in total. The first-order chi connectivity index (χ1) is 20.1. The van der Waals surface area contributed by atoms with Gasteiger partial charge in [-0.15, -0.1) is 0 Å². The number of unbranched alkanes of at least 4 members (excludes halogenated alkanes) is 1. The molecular weight excluding hydrogens is 564 g/mol. The molecule has 3 unspecified atom stereocenters. The largest absolute Gasteiger partial charge is 0.507 e. The number of fused-ring (bicyclic) bond motifs is 3. The minimum Gasteiger partial charge on any atom is -0.507 e. The first kappa shape index (κ1) is 32.1. The summed E-state index contributed by atoms with van der Waals surface area (Å²) < 4.78 is 0. The lowest BCUT2D eigenvalue weighted by Gasteiger charge is -2.53. The molecule has 14 nitrogen and oxygen atoms in total. The molecule has 0 spiro atoms. The van der Waals surface area contributed by atoms with E-state index in [1.54, 1.807) is 0 Å². The van der Waals surface area contributed by atoms with Crippen LogP contribution in [-0.4, -0.2) is 104 Å². The molecule has 234 valence electrons. The Hall–Kier alpha value is -3.82. The predicted molar refractivity (Wildman–Crippen MR) is 151 cm³/mol. The summed E-state index contributed by atoms with van der Waals surface area (Å²) in [5, 5.41) is 70.5. The van der Waals surface area contributed by atoms with Crippen molar-refractivity contribution < 1.29 is 49.8 Å². The van der Waals surface area contributed by atoms with Crippen LogP contribution in [0, 0.1) is 11.8 Å². The second-order valence-electron chi connectivity index (χ2n) is 11.7. The van der Waals surface area contributed by atoms with Crippen molar-refractivity contribution in [3.05, 3.63) is 46.4 Å². The topological polar surface area (TPSA) is 243 Å². The van der Waals surface area contributed by atoms with Crippen LogP contribution in [0.4, 0.5) is 0 Å². The van der Waals surface area contributed by atoms with Gasteiger partial charge >= 0.3 is 5.97 Å². The van der Waals surface area contributed by atoms with Gasteiger partial charge in [-0.2, -0.15) is 0 Å². The molecule has 1 aromatic rings. The Morgan fingerprint density at radius 2 is 1.79 bits per heavy atom. The third kappa shape index (κ3) is 5.08. The van der Waals surface area contributed by atoms with Crippen molar-refractivity contribution in [3.63, 3.8) is 0 Å². The van der Waals surface area contributed by atoms with Crippen molar-refractivity contribution >= 4 is 29.1 Å². The minimum atomic E-state index is -2.93. The highest BCUT2D eigenvalue weighted by Gasteiger charge is 2.68. The van der Waals surface area contributed by atoms with Crippen molar-refractivity contribution in [2.24, 2.45) is 17.6 Å². The summed E-state index contributed by atoms with van der Waals surface area (Å²) in [7, 11) is 2.97. The zero-order valence-electron chi connectivity index (χ0n) is 24.1. The number of hydrogen-bond acceptors (Lipinski definition) is 13. The van der Waals surface area contributed by atoms with E-state index in [1.807, 2.05) is 0 Å². The second-order valence-corrected chi connectivity index (χ2v) is 11.7. The van der Waals surface area contributed by atoms with Crippen LogP contribution in [0.5, 0.6) is 5.75 Å². The van der Waals surface area contributed by atoms with Crippen molar-refractivity contribution in [2.75, 3.05) is 27.3 Å². The van der Waals surface area contributed by atoms with E-state index in [9.17, 15) is 49.8 Å². The van der Waals surface area contributed by atoms with Crippen molar-refractivity contribution in [1.29, 1.82) is 0 Å². The van der Waals surface area contributed by atoms with E-state index in [-0.39, 0.29) is 30.6 Å². The van der Waals surface area contributed by atoms with E-state index in [1.165, 1.54) is 44.1 Å². The van der Waals surface area contributed by atoms with E-state index in [0.29, 0.717) is 19.4 Å². The van der Waals surface area contributed by atoms with Gasteiger partial charge in [-0.3, -0.25) is 29.4 Å². The third-order valence-corrected chi connectivity index (χ3v) is 8.84. The molecule has 4 rings (SSSR count). The maximum absolute atomic E-state index is 14.1. The molecule has 43 heavy (non-hydrogen) atoms. The third-order valence-electron chi connectivity index (χ3n) is 8.84. The van der Waals surface area contributed by atoms with Crippen LogP contribution >= 0.6 is 0 Å². The van der Waals surface area contributed by atoms with Gasteiger partial charge in [0, 0.05) is 17.4 Å². The van der Waals surface area contributed by atoms with Gasteiger partial charge < -0.3 is 41.7 Å². The quantitative estimate of drug-likeness (QED) is 0.0405. The molecule has 0 amide bonds. The fourth-order valence-electron chi connectivity index (χ4n) is 6.62. The summed E-state index contributed by atoms with van der Waals surface area (Å²) >= 11 is 0. The molecule has 3 aliphatic rings. The van der Waals surface area contributed by atoms with Gasteiger partial charge in [0.25, 0.3) is 0 Å². The number of aliphatic hydroxyl groups excluding tert-OH is 2. The highest BCUT2D eigenvalue weighted by molar-refractivity contribution is 6.35.